The quantitative estimate of drug-likeness (QED) is 0.897. The minimum atomic E-state index is 0.257. The monoisotopic (exact) mass is 265 g/mol. The summed E-state index contributed by atoms with van der Waals surface area (Å²) >= 11 is 0. The van der Waals surface area contributed by atoms with Gasteiger partial charge in [0.2, 0.25) is 0 Å². The molecule has 1 N–H and O–H groups in total. The van der Waals surface area contributed by atoms with E-state index in [1.165, 1.54) is 19.3 Å². The zero-order valence-electron chi connectivity index (χ0n) is 12.7. The van der Waals surface area contributed by atoms with E-state index in [-0.39, 0.29) is 5.54 Å². The number of aryl methyl sites for hydroxylation is 1. The molecule has 0 saturated carbocycles. The van der Waals surface area contributed by atoms with Crippen LogP contribution in [0.1, 0.15) is 45.7 Å². The normalized spacial score (nSPS) is 24.3. The maximum atomic E-state index is 4.23. The van der Waals surface area contributed by atoms with E-state index >= 15 is 0 Å². The summed E-state index contributed by atoms with van der Waals surface area (Å²) in [6.07, 6.45) is 5.56. The Kier molecular flexibility index (Phi) is 4.58. The van der Waals surface area contributed by atoms with Crippen molar-refractivity contribution in [2.75, 3.05) is 13.1 Å². The summed E-state index contributed by atoms with van der Waals surface area (Å²) in [5, 5.41) is 12.0. The van der Waals surface area contributed by atoms with Crippen LogP contribution in [-0.2, 0) is 13.6 Å². The molecule has 1 aromatic heterocycles. The second-order valence-electron chi connectivity index (χ2n) is 5.84. The first-order valence-corrected chi connectivity index (χ1v) is 7.43. The molecule has 0 aromatic carbocycles. The third kappa shape index (κ3) is 3.34. The standard InChI is InChI=1S/C14H27N5/c1-5-14(6-2)11-19(12(3)7-8-15-14)10-13-9-18(4)17-16-13/h9,12,15H,5-8,10-11H2,1-4H3. The van der Waals surface area contributed by atoms with Crippen LogP contribution in [0.4, 0.5) is 0 Å². The van der Waals surface area contributed by atoms with Crippen molar-refractivity contribution >= 4 is 0 Å². The fourth-order valence-corrected chi connectivity index (χ4v) is 2.94. The maximum absolute atomic E-state index is 4.23. The Morgan fingerprint density at radius 2 is 2.16 bits per heavy atom. The minimum Gasteiger partial charge on any atom is -0.310 e. The van der Waals surface area contributed by atoms with Crippen LogP contribution in [0.2, 0.25) is 0 Å². The van der Waals surface area contributed by atoms with Crippen molar-refractivity contribution < 1.29 is 0 Å². The molecule has 0 aliphatic carbocycles. The van der Waals surface area contributed by atoms with Gasteiger partial charge in [0.25, 0.3) is 0 Å². The van der Waals surface area contributed by atoms with Gasteiger partial charge in [-0.2, -0.15) is 0 Å². The van der Waals surface area contributed by atoms with E-state index in [2.05, 4.69) is 41.3 Å². The van der Waals surface area contributed by atoms with E-state index in [1.54, 1.807) is 4.68 Å². The molecule has 1 aromatic rings. The fraction of sp³-hybridized carbons (Fsp3) is 0.857. The Bertz CT molecular complexity index is 396. The van der Waals surface area contributed by atoms with Crippen molar-refractivity contribution in [2.24, 2.45) is 7.05 Å². The maximum Gasteiger partial charge on any atom is 0.0967 e. The SMILES string of the molecule is CCC1(CC)CN(Cc2cn(C)nn2)C(C)CCN1. The largest absolute Gasteiger partial charge is 0.310 e. The Hall–Kier alpha value is -0.940. The van der Waals surface area contributed by atoms with E-state index < -0.39 is 0 Å². The van der Waals surface area contributed by atoms with Crippen LogP contribution in [-0.4, -0.2) is 44.6 Å². The molecule has 1 unspecified atom stereocenters. The van der Waals surface area contributed by atoms with Crippen molar-refractivity contribution in [1.29, 1.82) is 0 Å². The van der Waals surface area contributed by atoms with Gasteiger partial charge < -0.3 is 5.32 Å². The molecule has 0 radical (unpaired) electrons. The zero-order valence-corrected chi connectivity index (χ0v) is 12.7. The summed E-state index contributed by atoms with van der Waals surface area (Å²) in [5.41, 5.74) is 1.32. The van der Waals surface area contributed by atoms with Crippen LogP contribution in [0.3, 0.4) is 0 Å². The van der Waals surface area contributed by atoms with Gasteiger partial charge in [0.15, 0.2) is 0 Å². The summed E-state index contributed by atoms with van der Waals surface area (Å²) in [7, 11) is 1.92. The molecule has 2 rings (SSSR count). The summed E-state index contributed by atoms with van der Waals surface area (Å²) in [4.78, 5) is 2.55. The topological polar surface area (TPSA) is 46.0 Å². The lowest BCUT2D eigenvalue weighted by atomic mass is 9.92. The summed E-state index contributed by atoms with van der Waals surface area (Å²) < 4.78 is 1.78. The van der Waals surface area contributed by atoms with Gasteiger partial charge in [-0.05, 0) is 32.7 Å². The molecule has 19 heavy (non-hydrogen) atoms. The van der Waals surface area contributed by atoms with E-state index in [4.69, 9.17) is 0 Å². The molecule has 1 atom stereocenters. The molecule has 1 aliphatic rings. The molecule has 108 valence electrons. The molecule has 2 heterocycles. The second-order valence-corrected chi connectivity index (χ2v) is 5.84. The summed E-state index contributed by atoms with van der Waals surface area (Å²) in [6.45, 7) is 10.00. The van der Waals surface area contributed by atoms with E-state index in [0.29, 0.717) is 6.04 Å². The van der Waals surface area contributed by atoms with Gasteiger partial charge in [-0.3, -0.25) is 9.58 Å². The zero-order chi connectivity index (χ0) is 13.9. The van der Waals surface area contributed by atoms with Gasteiger partial charge in [-0.1, -0.05) is 19.1 Å². The van der Waals surface area contributed by atoms with Crippen molar-refractivity contribution in [1.82, 2.24) is 25.2 Å². The average molecular weight is 265 g/mol. The number of nitrogens with one attached hydrogen (secondary N) is 1. The van der Waals surface area contributed by atoms with Crippen LogP contribution in [0.25, 0.3) is 0 Å². The predicted molar refractivity (Wildman–Crippen MR) is 76.8 cm³/mol. The number of hydrogen-bond acceptors (Lipinski definition) is 4. The molecule has 5 heteroatoms. The molecule has 0 spiro atoms. The highest BCUT2D eigenvalue weighted by Gasteiger charge is 2.33. The van der Waals surface area contributed by atoms with Gasteiger partial charge in [-0.15, -0.1) is 5.10 Å². The highest BCUT2D eigenvalue weighted by atomic mass is 15.4. The first kappa shape index (κ1) is 14.5. The molecule has 5 nitrogen and oxygen atoms in total. The predicted octanol–water partition coefficient (Wildman–Crippen LogP) is 1.56. The molecule has 1 aliphatic heterocycles. The highest BCUT2D eigenvalue weighted by molar-refractivity contribution is 4.98. The van der Waals surface area contributed by atoms with Crippen LogP contribution in [0.5, 0.6) is 0 Å². The van der Waals surface area contributed by atoms with Crippen LogP contribution >= 0.6 is 0 Å². The Morgan fingerprint density at radius 1 is 1.42 bits per heavy atom. The first-order chi connectivity index (χ1) is 9.08. The molecule has 1 fully saturated rings. The molecule has 0 amide bonds. The van der Waals surface area contributed by atoms with Gasteiger partial charge in [0, 0.05) is 37.9 Å². The lowest BCUT2D eigenvalue weighted by molar-refractivity contribution is 0.150. The minimum absolute atomic E-state index is 0.257. The van der Waals surface area contributed by atoms with Gasteiger partial charge in [-0.25, -0.2) is 0 Å². The lowest BCUT2D eigenvalue weighted by Gasteiger charge is -2.36. The van der Waals surface area contributed by atoms with E-state index in [0.717, 1.165) is 25.3 Å². The second kappa shape index (κ2) is 6.01. The number of rotatable bonds is 4. The summed E-state index contributed by atoms with van der Waals surface area (Å²) in [6, 6.07) is 0.592. The highest BCUT2D eigenvalue weighted by Crippen LogP contribution is 2.23. The van der Waals surface area contributed by atoms with Crippen molar-refractivity contribution in [2.45, 2.75) is 58.2 Å². The van der Waals surface area contributed by atoms with E-state index in [9.17, 15) is 0 Å². The van der Waals surface area contributed by atoms with Gasteiger partial charge in [0.05, 0.1) is 5.69 Å². The summed E-state index contributed by atoms with van der Waals surface area (Å²) in [5.74, 6) is 0. The van der Waals surface area contributed by atoms with Crippen LogP contribution in [0, 0.1) is 0 Å². The molecule has 1 saturated heterocycles. The fourth-order valence-electron chi connectivity index (χ4n) is 2.94. The molecule has 0 bridgehead atoms. The molecular formula is C14H27N5. The third-order valence-electron chi connectivity index (χ3n) is 4.56. The third-order valence-corrected chi connectivity index (χ3v) is 4.56. The van der Waals surface area contributed by atoms with Gasteiger partial charge >= 0.3 is 0 Å². The van der Waals surface area contributed by atoms with Crippen molar-refractivity contribution in [3.05, 3.63) is 11.9 Å². The van der Waals surface area contributed by atoms with Crippen molar-refractivity contribution in [3.8, 4) is 0 Å². The smallest absolute Gasteiger partial charge is 0.0967 e. The number of nitrogens with zero attached hydrogens (tertiary/aromatic N) is 4. The Labute approximate surface area is 116 Å². The van der Waals surface area contributed by atoms with Crippen LogP contribution < -0.4 is 5.32 Å². The Balaban J connectivity index is 2.11. The van der Waals surface area contributed by atoms with Gasteiger partial charge in [0.1, 0.15) is 0 Å². The van der Waals surface area contributed by atoms with Crippen molar-refractivity contribution in [3.63, 3.8) is 0 Å². The van der Waals surface area contributed by atoms with Crippen LogP contribution in [0.15, 0.2) is 6.20 Å². The first-order valence-electron chi connectivity index (χ1n) is 7.43. The lowest BCUT2D eigenvalue weighted by Crippen LogP contribution is -2.51. The van der Waals surface area contributed by atoms with E-state index in [1.807, 2.05) is 13.2 Å². The average Bonchev–Trinajstić information content (AvgIpc) is 2.74. The number of hydrogen-bond donors (Lipinski definition) is 1. The number of aromatic nitrogens is 3. The Morgan fingerprint density at radius 3 is 2.74 bits per heavy atom. The molecular weight excluding hydrogens is 238 g/mol.